The molecule has 4 rings (SSSR count). The van der Waals surface area contributed by atoms with Crippen molar-refractivity contribution >= 4 is 17.4 Å². The highest BCUT2D eigenvalue weighted by Crippen LogP contribution is 2.41. The summed E-state index contributed by atoms with van der Waals surface area (Å²) in [6.45, 7) is 3.52. The summed E-state index contributed by atoms with van der Waals surface area (Å²) in [4.78, 5) is 29.1. The fourth-order valence-electron chi connectivity index (χ4n) is 3.66. The lowest BCUT2D eigenvalue weighted by Gasteiger charge is -2.25. The number of likely N-dealkylation sites (N-methyl/N-ethyl adjacent to an activating group) is 1. The largest absolute Gasteiger partial charge is 0.507 e. The monoisotopic (exact) mass is 412 g/mol. The van der Waals surface area contributed by atoms with E-state index in [2.05, 4.69) is 0 Å². The number of furan rings is 1. The van der Waals surface area contributed by atoms with Crippen molar-refractivity contribution in [2.75, 3.05) is 40.4 Å². The molecule has 0 unspecified atom stereocenters. The molecule has 1 aromatic carbocycles. The Bertz CT molecular complexity index is 1020. The van der Waals surface area contributed by atoms with Gasteiger partial charge < -0.3 is 28.8 Å². The first kappa shape index (κ1) is 20.0. The topological polar surface area (TPSA) is 92.4 Å². The molecule has 2 aliphatic rings. The first-order chi connectivity index (χ1) is 14.4. The molecule has 1 saturated heterocycles. The van der Waals surface area contributed by atoms with E-state index < -0.39 is 17.7 Å². The molecule has 30 heavy (non-hydrogen) atoms. The molecule has 3 heterocycles. The minimum atomic E-state index is -0.799. The maximum absolute atomic E-state index is 12.9. The average Bonchev–Trinajstić information content (AvgIpc) is 3.26. The van der Waals surface area contributed by atoms with Gasteiger partial charge in [0.2, 0.25) is 0 Å². The quantitative estimate of drug-likeness (QED) is 0.458. The van der Waals surface area contributed by atoms with Crippen molar-refractivity contribution in [3.8, 4) is 11.5 Å². The Hall–Kier alpha value is -3.26. The van der Waals surface area contributed by atoms with Gasteiger partial charge in [-0.25, -0.2) is 0 Å². The Balaban J connectivity index is 1.80. The van der Waals surface area contributed by atoms with Gasteiger partial charge in [-0.3, -0.25) is 9.59 Å². The van der Waals surface area contributed by atoms with Crippen LogP contribution in [0.5, 0.6) is 11.5 Å². The number of carbonyl (C=O) groups is 2. The van der Waals surface area contributed by atoms with Crippen molar-refractivity contribution in [2.24, 2.45) is 0 Å². The molecule has 1 N–H and O–H groups in total. The fourth-order valence-corrected chi connectivity index (χ4v) is 3.66. The van der Waals surface area contributed by atoms with Crippen molar-refractivity contribution in [1.82, 2.24) is 9.80 Å². The second-order valence-electron chi connectivity index (χ2n) is 7.60. The zero-order chi connectivity index (χ0) is 21.4. The van der Waals surface area contributed by atoms with Gasteiger partial charge in [0.15, 0.2) is 11.5 Å². The number of aryl methyl sites for hydroxylation is 1. The molecule has 0 aliphatic carbocycles. The van der Waals surface area contributed by atoms with E-state index in [1.54, 1.807) is 37.3 Å². The van der Waals surface area contributed by atoms with Crippen LogP contribution in [0.2, 0.25) is 0 Å². The van der Waals surface area contributed by atoms with Crippen molar-refractivity contribution in [3.05, 3.63) is 53.0 Å². The summed E-state index contributed by atoms with van der Waals surface area (Å²) in [5.74, 6) is 0.485. The Kier molecular flexibility index (Phi) is 5.26. The summed E-state index contributed by atoms with van der Waals surface area (Å²) in [5.41, 5.74) is 0.378. The van der Waals surface area contributed by atoms with E-state index in [-0.39, 0.29) is 11.3 Å². The number of hydrogen-bond acceptors (Lipinski definition) is 7. The predicted octanol–water partition coefficient (Wildman–Crippen LogP) is 2.34. The maximum Gasteiger partial charge on any atom is 0.295 e. The smallest absolute Gasteiger partial charge is 0.295 e. The Morgan fingerprint density at radius 1 is 1.13 bits per heavy atom. The highest BCUT2D eigenvalue weighted by atomic mass is 16.6. The molecule has 2 aliphatic heterocycles. The maximum atomic E-state index is 12.9. The van der Waals surface area contributed by atoms with E-state index in [0.29, 0.717) is 54.9 Å². The number of hydrogen-bond donors (Lipinski definition) is 1. The summed E-state index contributed by atoms with van der Waals surface area (Å²) < 4.78 is 16.9. The Morgan fingerprint density at radius 3 is 2.53 bits per heavy atom. The number of carbonyl (C=O) groups excluding carboxylic acids is 2. The van der Waals surface area contributed by atoms with Crippen LogP contribution in [0.15, 0.2) is 40.3 Å². The van der Waals surface area contributed by atoms with Gasteiger partial charge in [0.25, 0.3) is 11.7 Å². The van der Waals surface area contributed by atoms with Crippen LogP contribution in [0.1, 0.15) is 23.1 Å². The molecular formula is C22H24N2O6. The molecule has 0 saturated carbocycles. The molecule has 158 valence electrons. The van der Waals surface area contributed by atoms with Crippen molar-refractivity contribution in [2.45, 2.75) is 13.0 Å². The number of fused-ring (bicyclic) bond motifs is 1. The Morgan fingerprint density at radius 2 is 1.87 bits per heavy atom. The van der Waals surface area contributed by atoms with E-state index in [9.17, 15) is 14.7 Å². The number of likely N-dealkylation sites (tertiary alicyclic amines) is 1. The standard InChI is InChI=1S/C22H24N2O6/c1-13-4-6-16(30-13)19-18(21(26)22(27)24(19)9-8-23(2)3)20(25)14-5-7-15-17(12-14)29-11-10-28-15/h4-7,12,19,25H,8-11H2,1-3H3/b20-18+/t19-/m0/s1. The summed E-state index contributed by atoms with van der Waals surface area (Å²) >= 11 is 0. The number of Topliss-reactive ketones (excluding diaryl/α,β-unsaturated/α-hetero) is 1. The number of aliphatic hydroxyl groups is 1. The lowest BCUT2D eigenvalue weighted by molar-refractivity contribution is -0.140. The summed E-state index contributed by atoms with van der Waals surface area (Å²) in [5, 5.41) is 11.1. The third-order valence-electron chi connectivity index (χ3n) is 5.17. The zero-order valence-electron chi connectivity index (χ0n) is 17.2. The van der Waals surface area contributed by atoms with Crippen LogP contribution in [-0.2, 0) is 9.59 Å². The summed E-state index contributed by atoms with van der Waals surface area (Å²) in [6, 6.07) is 7.63. The number of aliphatic hydroxyl groups excluding tert-OH is 1. The van der Waals surface area contributed by atoms with Gasteiger partial charge in [0.1, 0.15) is 36.5 Å². The second kappa shape index (κ2) is 7.87. The molecule has 0 bridgehead atoms. The van der Waals surface area contributed by atoms with Gasteiger partial charge in [0, 0.05) is 18.7 Å². The second-order valence-corrected chi connectivity index (χ2v) is 7.60. The minimum Gasteiger partial charge on any atom is -0.507 e. The predicted molar refractivity (Wildman–Crippen MR) is 108 cm³/mol. The number of rotatable bonds is 5. The van der Waals surface area contributed by atoms with Crippen LogP contribution in [0.3, 0.4) is 0 Å². The van der Waals surface area contributed by atoms with Crippen LogP contribution >= 0.6 is 0 Å². The van der Waals surface area contributed by atoms with Gasteiger partial charge in [-0.05, 0) is 51.4 Å². The van der Waals surface area contributed by atoms with E-state index in [0.717, 1.165) is 0 Å². The third kappa shape index (κ3) is 3.54. The van der Waals surface area contributed by atoms with Gasteiger partial charge in [0.05, 0.1) is 5.57 Å². The number of ketones is 1. The lowest BCUT2D eigenvalue weighted by atomic mass is 9.99. The van der Waals surface area contributed by atoms with E-state index in [1.165, 1.54) is 4.90 Å². The molecule has 0 spiro atoms. The van der Waals surface area contributed by atoms with Gasteiger partial charge >= 0.3 is 0 Å². The molecule has 0 radical (unpaired) electrons. The summed E-state index contributed by atoms with van der Waals surface area (Å²) in [6.07, 6.45) is 0. The van der Waals surface area contributed by atoms with E-state index >= 15 is 0 Å². The van der Waals surface area contributed by atoms with Crippen LogP contribution in [0.4, 0.5) is 0 Å². The van der Waals surface area contributed by atoms with Gasteiger partial charge in [-0.2, -0.15) is 0 Å². The first-order valence-electron chi connectivity index (χ1n) is 9.76. The third-order valence-corrected chi connectivity index (χ3v) is 5.17. The number of amides is 1. The van der Waals surface area contributed by atoms with Crippen LogP contribution in [0, 0.1) is 6.92 Å². The van der Waals surface area contributed by atoms with Crippen LogP contribution in [-0.4, -0.2) is 67.0 Å². The molecule has 8 nitrogen and oxygen atoms in total. The molecule has 1 aromatic heterocycles. The van der Waals surface area contributed by atoms with E-state index in [1.807, 2.05) is 19.0 Å². The van der Waals surface area contributed by atoms with Gasteiger partial charge in [-0.1, -0.05) is 0 Å². The highest BCUT2D eigenvalue weighted by molar-refractivity contribution is 6.46. The first-order valence-corrected chi connectivity index (χ1v) is 9.76. The molecule has 2 aromatic rings. The molecule has 1 amide bonds. The van der Waals surface area contributed by atoms with Crippen molar-refractivity contribution in [3.63, 3.8) is 0 Å². The zero-order valence-corrected chi connectivity index (χ0v) is 17.2. The van der Waals surface area contributed by atoms with Crippen molar-refractivity contribution in [1.29, 1.82) is 0 Å². The molecule has 8 heteroatoms. The highest BCUT2D eigenvalue weighted by Gasteiger charge is 2.47. The number of ether oxygens (including phenoxy) is 2. The van der Waals surface area contributed by atoms with Gasteiger partial charge in [-0.15, -0.1) is 0 Å². The lowest BCUT2D eigenvalue weighted by Crippen LogP contribution is -2.35. The van der Waals surface area contributed by atoms with Crippen LogP contribution < -0.4 is 9.47 Å². The molecular weight excluding hydrogens is 388 g/mol. The fraction of sp³-hybridized carbons (Fsp3) is 0.364. The minimum absolute atomic E-state index is 0.00443. The SMILES string of the molecule is Cc1ccc([C@H]2/C(=C(\O)c3ccc4c(c3)OCCO4)C(=O)C(=O)N2CCN(C)C)o1. The molecule has 1 fully saturated rings. The van der Waals surface area contributed by atoms with E-state index in [4.69, 9.17) is 13.9 Å². The Labute approximate surface area is 174 Å². The van der Waals surface area contributed by atoms with Crippen LogP contribution in [0.25, 0.3) is 5.76 Å². The molecule has 1 atom stereocenters. The normalized spacial score (nSPS) is 20.3. The average molecular weight is 412 g/mol. The number of benzene rings is 1. The van der Waals surface area contributed by atoms with Crippen molar-refractivity contribution < 1.29 is 28.6 Å². The number of nitrogens with zero attached hydrogens (tertiary/aromatic N) is 2. The summed E-state index contributed by atoms with van der Waals surface area (Å²) in [7, 11) is 3.77.